The molecule has 0 aliphatic rings. The van der Waals surface area contributed by atoms with Crippen molar-refractivity contribution >= 4 is 11.3 Å². The molecule has 0 bridgehead atoms. The summed E-state index contributed by atoms with van der Waals surface area (Å²) in [6.07, 6.45) is 5.78. The predicted octanol–water partition coefficient (Wildman–Crippen LogP) is 5.45. The monoisotopic (exact) mass is 290 g/mol. The zero-order chi connectivity index (χ0) is 16.7. The molecule has 0 fully saturated rings. The van der Waals surface area contributed by atoms with Gasteiger partial charge >= 0.3 is 0 Å². The summed E-state index contributed by atoms with van der Waals surface area (Å²) in [7, 11) is 0. The molecule has 2 nitrogen and oxygen atoms in total. The van der Waals surface area contributed by atoms with E-state index in [4.69, 9.17) is 10.7 Å². The van der Waals surface area contributed by atoms with E-state index in [-0.39, 0.29) is 0 Å². The van der Waals surface area contributed by atoms with Crippen molar-refractivity contribution in [3.63, 3.8) is 0 Å². The van der Waals surface area contributed by atoms with Crippen LogP contribution in [-0.4, -0.2) is 5.71 Å². The van der Waals surface area contributed by atoms with Crippen LogP contribution < -0.4 is 0 Å². The molecule has 0 unspecified atom stereocenters. The van der Waals surface area contributed by atoms with Crippen LogP contribution in [0.5, 0.6) is 0 Å². The van der Waals surface area contributed by atoms with Gasteiger partial charge in [-0.1, -0.05) is 36.4 Å². The molecule has 0 saturated heterocycles. The van der Waals surface area contributed by atoms with Crippen LogP contribution in [0.3, 0.4) is 0 Å². The average molecular weight is 290 g/mol. The molecule has 0 aliphatic heterocycles. The lowest BCUT2D eigenvalue weighted by Gasteiger charge is -2.15. The van der Waals surface area contributed by atoms with Gasteiger partial charge < -0.3 is 5.41 Å². The maximum absolute atomic E-state index is 9.06. The number of nitrogens with zero attached hydrogens (tertiary/aromatic N) is 1. The van der Waals surface area contributed by atoms with Crippen molar-refractivity contribution in [1.29, 1.82) is 10.7 Å². The highest BCUT2D eigenvalue weighted by Gasteiger charge is 2.12. The summed E-state index contributed by atoms with van der Waals surface area (Å²) in [5.41, 5.74) is 5.99. The normalized spacial score (nSPS) is 11.1. The van der Waals surface area contributed by atoms with Crippen LogP contribution in [0.15, 0.2) is 65.8 Å². The summed E-state index contributed by atoms with van der Waals surface area (Å²) in [6.45, 7) is 12.0. The third-order valence-corrected chi connectivity index (χ3v) is 3.15. The molecule has 0 saturated carbocycles. The van der Waals surface area contributed by atoms with Crippen LogP contribution in [0, 0.1) is 16.7 Å². The molecule has 1 N–H and O–H groups in total. The second-order valence-corrected chi connectivity index (χ2v) is 5.33. The molecule has 112 valence electrons. The van der Waals surface area contributed by atoms with Crippen molar-refractivity contribution in [2.24, 2.45) is 0 Å². The topological polar surface area (TPSA) is 47.6 Å². The fourth-order valence-corrected chi connectivity index (χ4v) is 2.30. The summed E-state index contributed by atoms with van der Waals surface area (Å²) in [5, 5.41) is 16.8. The number of rotatable bonds is 5. The van der Waals surface area contributed by atoms with E-state index in [1.807, 2.05) is 57.2 Å². The van der Waals surface area contributed by atoms with Gasteiger partial charge in [0.25, 0.3) is 0 Å². The second kappa shape index (κ2) is 7.95. The molecular weight excluding hydrogens is 268 g/mol. The highest BCUT2D eigenvalue weighted by atomic mass is 14.4. The molecule has 2 heteroatoms. The fraction of sp³-hybridized carbons (Fsp3) is 0.200. The zero-order valence-corrected chi connectivity index (χ0v) is 13.7. The molecule has 0 radical (unpaired) electrons. The number of nitriles is 1. The minimum Gasteiger partial charge on any atom is -0.306 e. The van der Waals surface area contributed by atoms with Gasteiger partial charge in [0.05, 0.1) is 11.6 Å². The Bertz CT molecular complexity index is 718. The number of allylic oxidation sites excluding steroid dienone is 7. The minimum atomic E-state index is 0.491. The van der Waals surface area contributed by atoms with E-state index in [1.54, 1.807) is 13.0 Å². The van der Waals surface area contributed by atoms with Crippen LogP contribution in [0.2, 0.25) is 0 Å². The molecule has 0 atom stereocenters. The summed E-state index contributed by atoms with van der Waals surface area (Å²) < 4.78 is 0. The van der Waals surface area contributed by atoms with E-state index in [2.05, 4.69) is 12.6 Å². The van der Waals surface area contributed by atoms with Crippen LogP contribution >= 0.6 is 0 Å². The molecule has 0 aliphatic carbocycles. The molecule has 0 spiro atoms. The van der Waals surface area contributed by atoms with Crippen molar-refractivity contribution in [3.8, 4) is 6.07 Å². The zero-order valence-electron chi connectivity index (χ0n) is 13.7. The van der Waals surface area contributed by atoms with Gasteiger partial charge in [-0.05, 0) is 68.2 Å². The number of hydrogen-bond donors (Lipinski definition) is 1. The third kappa shape index (κ3) is 4.43. The van der Waals surface area contributed by atoms with Gasteiger partial charge in [-0.3, -0.25) is 0 Å². The van der Waals surface area contributed by atoms with Gasteiger partial charge in [-0.2, -0.15) is 5.26 Å². The minimum absolute atomic E-state index is 0.491. The number of nitrogens with one attached hydrogen (secondary N) is 1. The van der Waals surface area contributed by atoms with Crippen molar-refractivity contribution < 1.29 is 0 Å². The van der Waals surface area contributed by atoms with E-state index in [9.17, 15) is 0 Å². The van der Waals surface area contributed by atoms with Crippen molar-refractivity contribution in [3.05, 3.63) is 76.9 Å². The first-order valence-electron chi connectivity index (χ1n) is 7.18. The number of hydrogen-bond acceptors (Lipinski definition) is 2. The lowest BCUT2D eigenvalue weighted by atomic mass is 9.89. The molecule has 1 aromatic rings. The van der Waals surface area contributed by atoms with Crippen LogP contribution in [0.1, 0.15) is 38.8 Å². The van der Waals surface area contributed by atoms with E-state index >= 15 is 0 Å². The van der Waals surface area contributed by atoms with Gasteiger partial charge in [0, 0.05) is 5.71 Å². The van der Waals surface area contributed by atoms with E-state index in [1.165, 1.54) is 0 Å². The number of benzene rings is 1. The Labute approximate surface area is 133 Å². The van der Waals surface area contributed by atoms with Gasteiger partial charge in [-0.25, -0.2) is 0 Å². The Morgan fingerprint density at radius 3 is 2.45 bits per heavy atom. The molecule has 0 heterocycles. The van der Waals surface area contributed by atoms with Crippen molar-refractivity contribution in [2.45, 2.75) is 27.7 Å². The van der Waals surface area contributed by atoms with Crippen LogP contribution in [0.4, 0.5) is 0 Å². The highest BCUT2D eigenvalue weighted by Crippen LogP contribution is 2.31. The van der Waals surface area contributed by atoms with Crippen molar-refractivity contribution in [2.75, 3.05) is 0 Å². The quantitative estimate of drug-likeness (QED) is 0.569. The summed E-state index contributed by atoms with van der Waals surface area (Å²) in [4.78, 5) is 0. The first-order chi connectivity index (χ1) is 10.4. The first-order valence-corrected chi connectivity index (χ1v) is 7.18. The smallest absolute Gasteiger partial charge is 0.0991 e. The lowest BCUT2D eigenvalue weighted by molar-refractivity contribution is 1.31. The van der Waals surface area contributed by atoms with E-state index in [0.717, 1.165) is 27.9 Å². The SMILES string of the molecule is C=C(C(=C(C)C)C(/C=C\C)=C/C(C)=N)c1cccc(C#N)c1. The Morgan fingerprint density at radius 1 is 1.27 bits per heavy atom. The Hall–Kier alpha value is -2.66. The van der Waals surface area contributed by atoms with Crippen LogP contribution in [-0.2, 0) is 0 Å². The Kier molecular flexibility index (Phi) is 6.28. The summed E-state index contributed by atoms with van der Waals surface area (Å²) in [5.74, 6) is 0. The van der Waals surface area contributed by atoms with E-state index < -0.39 is 0 Å². The first kappa shape index (κ1) is 17.4. The molecule has 1 aromatic carbocycles. The predicted molar refractivity (Wildman–Crippen MR) is 94.9 cm³/mol. The largest absolute Gasteiger partial charge is 0.306 e. The van der Waals surface area contributed by atoms with E-state index in [0.29, 0.717) is 11.3 Å². The fourth-order valence-electron chi connectivity index (χ4n) is 2.30. The van der Waals surface area contributed by atoms with Crippen LogP contribution in [0.25, 0.3) is 5.57 Å². The summed E-state index contributed by atoms with van der Waals surface area (Å²) >= 11 is 0. The molecule has 1 rings (SSSR count). The summed E-state index contributed by atoms with van der Waals surface area (Å²) in [6, 6.07) is 9.60. The molecule has 0 aromatic heterocycles. The molecule has 22 heavy (non-hydrogen) atoms. The van der Waals surface area contributed by atoms with Crippen molar-refractivity contribution in [1.82, 2.24) is 0 Å². The van der Waals surface area contributed by atoms with Gasteiger partial charge in [0.15, 0.2) is 0 Å². The Morgan fingerprint density at radius 2 is 1.95 bits per heavy atom. The highest BCUT2D eigenvalue weighted by molar-refractivity contribution is 5.95. The Balaban J connectivity index is 3.44. The molecular formula is C20H22N2. The van der Waals surface area contributed by atoms with Gasteiger partial charge in [0.1, 0.15) is 0 Å². The van der Waals surface area contributed by atoms with Gasteiger partial charge in [-0.15, -0.1) is 0 Å². The van der Waals surface area contributed by atoms with Gasteiger partial charge in [0.2, 0.25) is 0 Å². The standard InChI is InChI=1S/C20H22N2/c1-6-8-19(11-15(4)22)20(14(2)3)16(5)18-10-7-9-17(12-18)13-21/h6-12,22H,5H2,1-4H3/b8-6-,19-11+,22-15?. The maximum atomic E-state index is 9.06. The molecule has 0 amide bonds. The maximum Gasteiger partial charge on any atom is 0.0991 e. The second-order valence-electron chi connectivity index (χ2n) is 5.33. The average Bonchev–Trinajstić information content (AvgIpc) is 2.46. The third-order valence-electron chi connectivity index (χ3n) is 3.15. The lowest BCUT2D eigenvalue weighted by Crippen LogP contribution is -1.97.